The van der Waals surface area contributed by atoms with E-state index in [1.165, 1.54) is 0 Å². The van der Waals surface area contributed by atoms with Crippen LogP contribution in [-0.2, 0) is 16.0 Å². The van der Waals surface area contributed by atoms with Crippen LogP contribution in [0.5, 0.6) is 5.75 Å². The molecule has 1 amide bonds. The molecular formula is C15H21NO3. The van der Waals surface area contributed by atoms with Crippen LogP contribution in [0.1, 0.15) is 18.9 Å². The topological polar surface area (TPSA) is 47.6 Å². The van der Waals surface area contributed by atoms with Crippen molar-refractivity contribution >= 4 is 5.91 Å². The second-order valence-electron chi connectivity index (χ2n) is 5.43. The second kappa shape index (κ2) is 6.06. The van der Waals surface area contributed by atoms with Gasteiger partial charge < -0.3 is 14.8 Å². The smallest absolute Gasteiger partial charge is 0.220 e. The number of aryl methyl sites for hydroxylation is 1. The molecule has 0 atom stereocenters. The van der Waals surface area contributed by atoms with Gasteiger partial charge in [0.05, 0.1) is 20.3 Å². The molecule has 4 nitrogen and oxygen atoms in total. The SMILES string of the molecule is COc1ccc(CCC(=O)NCC2(C)COC2)cc1. The Morgan fingerprint density at radius 3 is 2.58 bits per heavy atom. The minimum absolute atomic E-state index is 0.101. The van der Waals surface area contributed by atoms with Crippen LogP contribution in [0.15, 0.2) is 24.3 Å². The zero-order valence-electron chi connectivity index (χ0n) is 11.6. The summed E-state index contributed by atoms with van der Waals surface area (Å²) < 4.78 is 10.3. The largest absolute Gasteiger partial charge is 0.497 e. The fourth-order valence-corrected chi connectivity index (χ4v) is 2.00. The van der Waals surface area contributed by atoms with Crippen LogP contribution in [0.3, 0.4) is 0 Å². The Bertz CT molecular complexity index is 424. The zero-order valence-corrected chi connectivity index (χ0v) is 11.6. The normalized spacial score (nSPS) is 16.5. The van der Waals surface area contributed by atoms with E-state index in [1.54, 1.807) is 7.11 Å². The first-order valence-corrected chi connectivity index (χ1v) is 6.59. The first-order valence-electron chi connectivity index (χ1n) is 6.59. The lowest BCUT2D eigenvalue weighted by atomic mass is 9.89. The van der Waals surface area contributed by atoms with Crippen molar-refractivity contribution in [3.63, 3.8) is 0 Å². The Morgan fingerprint density at radius 2 is 2.05 bits per heavy atom. The van der Waals surface area contributed by atoms with Crippen molar-refractivity contribution in [2.24, 2.45) is 5.41 Å². The van der Waals surface area contributed by atoms with Crippen LogP contribution in [0.2, 0.25) is 0 Å². The van der Waals surface area contributed by atoms with Gasteiger partial charge in [-0.2, -0.15) is 0 Å². The lowest BCUT2D eigenvalue weighted by molar-refractivity contribution is -0.126. The number of rotatable bonds is 6. The summed E-state index contributed by atoms with van der Waals surface area (Å²) in [5, 5.41) is 2.97. The van der Waals surface area contributed by atoms with Gasteiger partial charge in [-0.3, -0.25) is 4.79 Å². The van der Waals surface area contributed by atoms with Gasteiger partial charge in [-0.15, -0.1) is 0 Å². The maximum absolute atomic E-state index is 11.7. The number of amides is 1. The maximum Gasteiger partial charge on any atom is 0.220 e. The van der Waals surface area contributed by atoms with Gasteiger partial charge in [-0.05, 0) is 24.1 Å². The Balaban J connectivity index is 1.70. The minimum Gasteiger partial charge on any atom is -0.497 e. The van der Waals surface area contributed by atoms with Gasteiger partial charge in [-0.1, -0.05) is 19.1 Å². The fourth-order valence-electron chi connectivity index (χ4n) is 2.00. The van der Waals surface area contributed by atoms with Crippen LogP contribution in [0.4, 0.5) is 0 Å². The number of hydrogen-bond acceptors (Lipinski definition) is 3. The Morgan fingerprint density at radius 1 is 1.37 bits per heavy atom. The lowest BCUT2D eigenvalue weighted by Gasteiger charge is -2.38. The van der Waals surface area contributed by atoms with Crippen LogP contribution in [0, 0.1) is 5.41 Å². The molecule has 1 aliphatic rings. The summed E-state index contributed by atoms with van der Waals surface area (Å²) in [7, 11) is 1.65. The van der Waals surface area contributed by atoms with E-state index in [1.807, 2.05) is 24.3 Å². The summed E-state index contributed by atoms with van der Waals surface area (Å²) in [6, 6.07) is 7.82. The highest BCUT2D eigenvalue weighted by molar-refractivity contribution is 5.76. The summed E-state index contributed by atoms with van der Waals surface area (Å²) in [5.41, 5.74) is 1.28. The molecule has 0 aromatic heterocycles. The molecule has 0 unspecified atom stereocenters. The van der Waals surface area contributed by atoms with Crippen LogP contribution in [0.25, 0.3) is 0 Å². The van der Waals surface area contributed by atoms with E-state index in [0.29, 0.717) is 13.0 Å². The highest BCUT2D eigenvalue weighted by atomic mass is 16.5. The van der Waals surface area contributed by atoms with Crippen molar-refractivity contribution in [2.75, 3.05) is 26.9 Å². The van der Waals surface area contributed by atoms with Crippen molar-refractivity contribution in [3.8, 4) is 5.75 Å². The predicted octanol–water partition coefficient (Wildman–Crippen LogP) is 1.78. The van der Waals surface area contributed by atoms with Gasteiger partial charge in [-0.25, -0.2) is 0 Å². The third-order valence-corrected chi connectivity index (χ3v) is 3.41. The van der Waals surface area contributed by atoms with Gasteiger partial charge >= 0.3 is 0 Å². The molecule has 19 heavy (non-hydrogen) atoms. The van der Waals surface area contributed by atoms with Gasteiger partial charge in [0.1, 0.15) is 5.75 Å². The van der Waals surface area contributed by atoms with E-state index >= 15 is 0 Å². The number of benzene rings is 1. The molecule has 1 aromatic carbocycles. The highest BCUT2D eigenvalue weighted by Gasteiger charge is 2.33. The molecule has 1 saturated heterocycles. The molecule has 0 spiro atoms. The summed E-state index contributed by atoms with van der Waals surface area (Å²) in [4.78, 5) is 11.7. The fraction of sp³-hybridized carbons (Fsp3) is 0.533. The molecule has 0 saturated carbocycles. The van der Waals surface area contributed by atoms with E-state index in [-0.39, 0.29) is 11.3 Å². The molecule has 0 aliphatic carbocycles. The van der Waals surface area contributed by atoms with Crippen LogP contribution in [-0.4, -0.2) is 32.8 Å². The minimum atomic E-state index is 0.101. The van der Waals surface area contributed by atoms with E-state index < -0.39 is 0 Å². The van der Waals surface area contributed by atoms with E-state index in [0.717, 1.165) is 30.9 Å². The molecule has 104 valence electrons. The summed E-state index contributed by atoms with van der Waals surface area (Å²) in [5.74, 6) is 0.940. The van der Waals surface area contributed by atoms with Gasteiger partial charge in [0, 0.05) is 18.4 Å². The molecule has 0 bridgehead atoms. The second-order valence-corrected chi connectivity index (χ2v) is 5.43. The molecule has 2 rings (SSSR count). The Hall–Kier alpha value is -1.55. The van der Waals surface area contributed by atoms with Gasteiger partial charge in [0.2, 0.25) is 5.91 Å². The first-order chi connectivity index (χ1) is 9.11. The predicted molar refractivity (Wildman–Crippen MR) is 73.3 cm³/mol. The Kier molecular flexibility index (Phi) is 4.43. The number of carbonyl (C=O) groups excluding carboxylic acids is 1. The standard InChI is InChI=1S/C15H21NO3/c1-15(10-19-11-15)9-16-14(17)8-5-12-3-6-13(18-2)7-4-12/h3-4,6-7H,5,8-11H2,1-2H3,(H,16,17). The van der Waals surface area contributed by atoms with Crippen molar-refractivity contribution in [1.29, 1.82) is 0 Å². The first kappa shape index (κ1) is 13.9. The molecule has 1 fully saturated rings. The van der Waals surface area contributed by atoms with Crippen LogP contribution < -0.4 is 10.1 Å². The summed E-state index contributed by atoms with van der Waals surface area (Å²) in [6.07, 6.45) is 1.27. The highest BCUT2D eigenvalue weighted by Crippen LogP contribution is 2.25. The number of hydrogen-bond donors (Lipinski definition) is 1. The molecule has 1 aliphatic heterocycles. The average Bonchev–Trinajstić information content (AvgIpc) is 2.41. The summed E-state index contributed by atoms with van der Waals surface area (Å²) >= 11 is 0. The van der Waals surface area contributed by atoms with Crippen molar-refractivity contribution in [3.05, 3.63) is 29.8 Å². The number of carbonyl (C=O) groups is 1. The quantitative estimate of drug-likeness (QED) is 0.851. The molecule has 1 heterocycles. The maximum atomic E-state index is 11.7. The monoisotopic (exact) mass is 263 g/mol. The van der Waals surface area contributed by atoms with E-state index in [2.05, 4.69) is 12.2 Å². The molecule has 0 radical (unpaired) electrons. The van der Waals surface area contributed by atoms with Crippen molar-refractivity contribution in [2.45, 2.75) is 19.8 Å². The molecule has 1 N–H and O–H groups in total. The van der Waals surface area contributed by atoms with Crippen molar-refractivity contribution in [1.82, 2.24) is 5.32 Å². The van der Waals surface area contributed by atoms with E-state index in [9.17, 15) is 4.79 Å². The van der Waals surface area contributed by atoms with Gasteiger partial charge in [0.15, 0.2) is 0 Å². The molecule has 4 heteroatoms. The number of methoxy groups -OCH3 is 1. The lowest BCUT2D eigenvalue weighted by Crippen LogP contribution is -2.48. The molecule has 1 aromatic rings. The van der Waals surface area contributed by atoms with E-state index in [4.69, 9.17) is 9.47 Å². The van der Waals surface area contributed by atoms with Crippen LogP contribution >= 0.6 is 0 Å². The zero-order chi connectivity index (χ0) is 13.7. The third-order valence-electron chi connectivity index (χ3n) is 3.41. The van der Waals surface area contributed by atoms with Crippen molar-refractivity contribution < 1.29 is 14.3 Å². The summed E-state index contributed by atoms with van der Waals surface area (Å²) in [6.45, 7) is 4.31. The van der Waals surface area contributed by atoms with Gasteiger partial charge in [0.25, 0.3) is 0 Å². The Labute approximate surface area is 114 Å². The third kappa shape index (κ3) is 3.96. The number of nitrogens with one attached hydrogen (secondary N) is 1. The molecular weight excluding hydrogens is 242 g/mol. The number of ether oxygens (including phenoxy) is 2. The average molecular weight is 263 g/mol.